The van der Waals surface area contributed by atoms with E-state index in [9.17, 15) is 35.1 Å². The molecule has 146 valence electrons. The Kier molecular flexibility index (Phi) is 5.07. The van der Waals surface area contributed by atoms with Gasteiger partial charge >= 0.3 is 11.9 Å². The lowest BCUT2D eigenvalue weighted by atomic mass is 9.95. The van der Waals surface area contributed by atoms with E-state index in [-0.39, 0.29) is 11.5 Å². The van der Waals surface area contributed by atoms with Gasteiger partial charge in [-0.05, 0) is 23.8 Å². The minimum absolute atomic E-state index is 0.310. The highest BCUT2D eigenvalue weighted by Crippen LogP contribution is 2.41. The van der Waals surface area contributed by atoms with Crippen LogP contribution in [-0.4, -0.2) is 74.3 Å². The number of esters is 1. The number of carbonyl (C=O) groups excluding carboxylic acids is 1. The Bertz CT molecular complexity index is 775. The molecule has 0 spiro atoms. The van der Waals surface area contributed by atoms with Gasteiger partial charge in [-0.3, -0.25) is 0 Å². The van der Waals surface area contributed by atoms with Crippen LogP contribution in [0.25, 0.3) is 6.08 Å². The van der Waals surface area contributed by atoms with Crippen molar-refractivity contribution >= 4 is 18.0 Å². The van der Waals surface area contributed by atoms with Gasteiger partial charge in [0, 0.05) is 12.5 Å². The molecular formula is C17H18O10. The SMILES string of the molecule is O=C(/C=C/c1ccc(O)c(O)c1)O[C@H]1[C@@H]2O[C@@](C(=O)O)(C[C@@H]1O)O[C@H]2CO. The van der Waals surface area contributed by atoms with Crippen molar-refractivity contribution in [1.82, 2.24) is 0 Å². The number of aromatic hydroxyl groups is 2. The van der Waals surface area contributed by atoms with E-state index in [1.807, 2.05) is 0 Å². The Labute approximate surface area is 152 Å². The number of carboxylic acids is 1. The molecule has 2 heterocycles. The molecule has 10 nitrogen and oxygen atoms in total. The third-order valence-corrected chi connectivity index (χ3v) is 4.38. The molecule has 0 aromatic heterocycles. The number of hydrogen-bond donors (Lipinski definition) is 5. The third kappa shape index (κ3) is 3.60. The van der Waals surface area contributed by atoms with E-state index in [4.69, 9.17) is 14.2 Å². The second kappa shape index (κ2) is 7.16. The maximum Gasteiger partial charge on any atom is 0.364 e. The van der Waals surface area contributed by atoms with Crippen LogP contribution in [0.4, 0.5) is 0 Å². The number of ether oxygens (including phenoxy) is 3. The fraction of sp³-hybridized carbons (Fsp3) is 0.412. The molecule has 0 amide bonds. The number of aliphatic hydroxyl groups is 2. The van der Waals surface area contributed by atoms with Gasteiger partial charge in [0.25, 0.3) is 5.79 Å². The predicted octanol–water partition coefficient (Wildman–Crippen LogP) is -0.655. The van der Waals surface area contributed by atoms with Crippen molar-refractivity contribution < 1.29 is 49.3 Å². The molecular weight excluding hydrogens is 364 g/mol. The molecule has 1 aromatic rings. The second-order valence-electron chi connectivity index (χ2n) is 6.23. The van der Waals surface area contributed by atoms with Crippen molar-refractivity contribution in [2.45, 2.75) is 36.6 Å². The summed E-state index contributed by atoms with van der Waals surface area (Å²) in [6, 6.07) is 3.92. The molecule has 2 aliphatic rings. The van der Waals surface area contributed by atoms with E-state index in [2.05, 4.69) is 0 Å². The summed E-state index contributed by atoms with van der Waals surface area (Å²) in [7, 11) is 0. The zero-order valence-corrected chi connectivity index (χ0v) is 13.9. The second-order valence-corrected chi connectivity index (χ2v) is 6.23. The fourth-order valence-corrected chi connectivity index (χ4v) is 3.08. The Balaban J connectivity index is 1.71. The van der Waals surface area contributed by atoms with Gasteiger partial charge in [-0.25, -0.2) is 9.59 Å². The Morgan fingerprint density at radius 3 is 2.63 bits per heavy atom. The predicted molar refractivity (Wildman–Crippen MR) is 86.5 cm³/mol. The molecule has 2 bridgehead atoms. The standard InChI is InChI=1S/C17H18O10/c18-7-12-15-14(11(21)6-17(26-12,27-15)16(23)24)25-13(22)4-2-8-1-3-9(19)10(20)5-8/h1-5,11-12,14-15,18-21H,6-7H2,(H,23,24)/b4-2+/t11-,12-,14+,15+,17+/m0/s1. The molecule has 3 rings (SSSR count). The number of fused-ring (bicyclic) bond motifs is 2. The normalized spacial score (nSPS) is 32.5. The van der Waals surface area contributed by atoms with Gasteiger partial charge in [0.05, 0.1) is 12.7 Å². The molecule has 10 heteroatoms. The van der Waals surface area contributed by atoms with Gasteiger partial charge in [0.15, 0.2) is 17.6 Å². The van der Waals surface area contributed by atoms with Crippen LogP contribution >= 0.6 is 0 Å². The van der Waals surface area contributed by atoms with Crippen LogP contribution in [0.5, 0.6) is 11.5 Å². The summed E-state index contributed by atoms with van der Waals surface area (Å²) < 4.78 is 15.7. The first-order chi connectivity index (χ1) is 12.8. The van der Waals surface area contributed by atoms with Crippen molar-refractivity contribution in [2.24, 2.45) is 0 Å². The Morgan fingerprint density at radius 2 is 2.00 bits per heavy atom. The van der Waals surface area contributed by atoms with E-state index in [1.54, 1.807) is 0 Å². The lowest BCUT2D eigenvalue weighted by molar-refractivity contribution is -0.247. The monoisotopic (exact) mass is 382 g/mol. The number of carboxylic acid groups (broad SMARTS) is 1. The van der Waals surface area contributed by atoms with Crippen LogP contribution in [0, 0.1) is 0 Å². The number of rotatable bonds is 5. The number of carbonyl (C=O) groups is 2. The van der Waals surface area contributed by atoms with Crippen LogP contribution in [0.1, 0.15) is 12.0 Å². The Morgan fingerprint density at radius 1 is 1.26 bits per heavy atom. The first-order valence-corrected chi connectivity index (χ1v) is 8.04. The third-order valence-electron chi connectivity index (χ3n) is 4.38. The number of phenolic OH excluding ortho intramolecular Hbond substituents is 2. The van der Waals surface area contributed by atoms with Gasteiger partial charge in [-0.1, -0.05) is 6.07 Å². The topological polar surface area (TPSA) is 163 Å². The maximum atomic E-state index is 12.1. The van der Waals surface area contributed by atoms with E-state index >= 15 is 0 Å². The average Bonchev–Trinajstić information content (AvgIpc) is 2.95. The highest BCUT2D eigenvalue weighted by molar-refractivity contribution is 5.87. The smallest absolute Gasteiger partial charge is 0.364 e. The van der Waals surface area contributed by atoms with Gasteiger partial charge in [0.1, 0.15) is 12.2 Å². The minimum atomic E-state index is -2.08. The maximum absolute atomic E-state index is 12.1. The molecule has 27 heavy (non-hydrogen) atoms. The number of aliphatic carboxylic acids is 1. The molecule has 0 saturated carbocycles. The van der Waals surface area contributed by atoms with Gasteiger partial charge in [0.2, 0.25) is 0 Å². The number of aliphatic hydroxyl groups excluding tert-OH is 2. The number of phenols is 2. The van der Waals surface area contributed by atoms with E-state index < -0.39 is 55.2 Å². The zero-order chi connectivity index (χ0) is 19.8. The summed E-state index contributed by atoms with van der Waals surface area (Å²) in [4.78, 5) is 23.4. The zero-order valence-electron chi connectivity index (χ0n) is 13.9. The quantitative estimate of drug-likeness (QED) is 0.251. The number of hydrogen-bond acceptors (Lipinski definition) is 9. The van der Waals surface area contributed by atoms with Gasteiger partial charge in [-0.2, -0.15) is 0 Å². The highest BCUT2D eigenvalue weighted by Gasteiger charge is 2.62. The lowest BCUT2D eigenvalue weighted by Crippen LogP contribution is -2.55. The van der Waals surface area contributed by atoms with Crippen molar-refractivity contribution in [2.75, 3.05) is 6.61 Å². The molecule has 0 radical (unpaired) electrons. The summed E-state index contributed by atoms with van der Waals surface area (Å²) >= 11 is 0. The number of benzene rings is 1. The van der Waals surface area contributed by atoms with Crippen molar-refractivity contribution in [3.05, 3.63) is 29.8 Å². The first-order valence-electron chi connectivity index (χ1n) is 8.04. The van der Waals surface area contributed by atoms with E-state index in [0.717, 1.165) is 6.08 Å². The lowest BCUT2D eigenvalue weighted by Gasteiger charge is -2.35. The molecule has 1 aromatic carbocycles. The van der Waals surface area contributed by atoms with Crippen LogP contribution in [0.2, 0.25) is 0 Å². The van der Waals surface area contributed by atoms with Gasteiger partial charge < -0.3 is 39.7 Å². The van der Waals surface area contributed by atoms with Crippen molar-refractivity contribution in [3.8, 4) is 11.5 Å². The minimum Gasteiger partial charge on any atom is -0.504 e. The molecule has 2 aliphatic heterocycles. The average molecular weight is 382 g/mol. The van der Waals surface area contributed by atoms with E-state index in [0.29, 0.717) is 5.56 Å². The molecule has 2 fully saturated rings. The van der Waals surface area contributed by atoms with Crippen LogP contribution in [-0.2, 0) is 23.8 Å². The van der Waals surface area contributed by atoms with Crippen LogP contribution in [0.3, 0.4) is 0 Å². The molecule has 2 saturated heterocycles. The first kappa shape index (κ1) is 19.1. The van der Waals surface area contributed by atoms with Crippen molar-refractivity contribution in [3.63, 3.8) is 0 Å². The largest absolute Gasteiger partial charge is 0.504 e. The fourth-order valence-electron chi connectivity index (χ4n) is 3.08. The summed E-state index contributed by atoms with van der Waals surface area (Å²) in [6.45, 7) is -0.580. The molecule has 0 aliphatic carbocycles. The van der Waals surface area contributed by atoms with E-state index in [1.165, 1.54) is 24.3 Å². The highest BCUT2D eigenvalue weighted by atomic mass is 16.8. The molecule has 5 N–H and O–H groups in total. The van der Waals surface area contributed by atoms with Crippen LogP contribution in [0.15, 0.2) is 24.3 Å². The summed E-state index contributed by atoms with van der Waals surface area (Å²) in [5.41, 5.74) is 0.407. The molecule has 0 unspecified atom stereocenters. The van der Waals surface area contributed by atoms with Crippen LogP contribution < -0.4 is 0 Å². The summed E-state index contributed by atoms with van der Waals surface area (Å²) in [5.74, 6) is -5.06. The summed E-state index contributed by atoms with van der Waals surface area (Å²) in [5, 5.41) is 47.5. The van der Waals surface area contributed by atoms with Crippen molar-refractivity contribution in [1.29, 1.82) is 0 Å². The Hall–Kier alpha value is -2.66. The van der Waals surface area contributed by atoms with Gasteiger partial charge in [-0.15, -0.1) is 0 Å². The summed E-state index contributed by atoms with van der Waals surface area (Å²) in [6.07, 6.45) is -2.95. The molecule has 5 atom stereocenters.